The molecule has 2 unspecified atom stereocenters. The summed E-state index contributed by atoms with van der Waals surface area (Å²) in [5, 5.41) is 0. The fourth-order valence-corrected chi connectivity index (χ4v) is 4.60. The van der Waals surface area contributed by atoms with Crippen molar-refractivity contribution in [1.29, 1.82) is 0 Å². The summed E-state index contributed by atoms with van der Waals surface area (Å²) in [6, 6.07) is 22.5. The quantitative estimate of drug-likeness (QED) is 0.511. The number of benzene rings is 3. The molecule has 0 spiro atoms. The van der Waals surface area contributed by atoms with Gasteiger partial charge in [-0.05, 0) is 47.2 Å². The van der Waals surface area contributed by atoms with E-state index < -0.39 is 24.3 Å². The van der Waals surface area contributed by atoms with Crippen molar-refractivity contribution in [3.8, 4) is 0 Å². The van der Waals surface area contributed by atoms with Crippen LogP contribution in [0.1, 0.15) is 47.6 Å². The number of nitrogens with zero attached hydrogens (tertiary/aromatic N) is 1. The van der Waals surface area contributed by atoms with E-state index in [1.54, 1.807) is 17.0 Å². The molecular weight excluding hydrogens is 447 g/mol. The van der Waals surface area contributed by atoms with Crippen molar-refractivity contribution in [1.82, 2.24) is 10.4 Å². The zero-order valence-corrected chi connectivity index (χ0v) is 19.2. The number of fused-ring (bicyclic) bond motifs is 1. The van der Waals surface area contributed by atoms with E-state index in [0.717, 1.165) is 41.5 Å². The average Bonchev–Trinajstić information content (AvgIpc) is 2.85. The average molecular weight is 475 g/mol. The Morgan fingerprint density at radius 3 is 2.37 bits per heavy atom. The molecule has 7 heteroatoms. The minimum atomic E-state index is -0.637. The molecule has 2 atom stereocenters. The largest absolute Gasteiger partial charge is 0.353 e. The maximum atomic E-state index is 13.7. The predicted octanol–water partition coefficient (Wildman–Crippen LogP) is 5.28. The minimum Gasteiger partial charge on any atom is -0.353 e. The van der Waals surface area contributed by atoms with Crippen molar-refractivity contribution in [3.05, 3.63) is 107 Å². The lowest BCUT2D eigenvalue weighted by Gasteiger charge is -2.42. The zero-order valence-electron chi connectivity index (χ0n) is 19.2. The number of hydrogen-bond donors (Lipinski definition) is 1. The van der Waals surface area contributed by atoms with Gasteiger partial charge in [-0.25, -0.2) is 14.0 Å². The minimum absolute atomic E-state index is 0.171. The van der Waals surface area contributed by atoms with Crippen LogP contribution in [0.5, 0.6) is 0 Å². The lowest BCUT2D eigenvalue weighted by molar-refractivity contribution is -0.158. The van der Waals surface area contributed by atoms with Gasteiger partial charge in [0.25, 0.3) is 0 Å². The SMILES string of the molecule is O=C(ONC(=O)N1C(OCc2ccccc2)Cc2ccccc2C1c1ccc(F)cc1)C1CCC1. The molecule has 1 N–H and O–H groups in total. The lowest BCUT2D eigenvalue weighted by atomic mass is 9.86. The van der Waals surface area contributed by atoms with Crippen LogP contribution in [0.25, 0.3) is 0 Å². The zero-order chi connectivity index (χ0) is 24.2. The first kappa shape index (κ1) is 23.1. The molecule has 2 amide bonds. The van der Waals surface area contributed by atoms with Crippen molar-refractivity contribution in [2.75, 3.05) is 0 Å². The molecule has 5 rings (SSSR count). The first-order valence-electron chi connectivity index (χ1n) is 11.9. The molecule has 3 aromatic carbocycles. The van der Waals surface area contributed by atoms with E-state index in [4.69, 9.17) is 9.57 Å². The maximum Gasteiger partial charge on any atom is 0.353 e. The summed E-state index contributed by atoms with van der Waals surface area (Å²) < 4.78 is 20.0. The first-order valence-corrected chi connectivity index (χ1v) is 11.9. The Morgan fingerprint density at radius 2 is 1.66 bits per heavy atom. The van der Waals surface area contributed by atoms with Crippen LogP contribution in [-0.2, 0) is 27.4 Å². The Bertz CT molecular complexity index is 1180. The molecule has 3 aromatic rings. The molecule has 0 saturated heterocycles. The van der Waals surface area contributed by atoms with E-state index >= 15 is 0 Å². The monoisotopic (exact) mass is 474 g/mol. The third-order valence-corrected chi connectivity index (χ3v) is 6.72. The number of carbonyl (C=O) groups is 2. The Hall–Kier alpha value is -3.71. The molecule has 1 fully saturated rings. The van der Waals surface area contributed by atoms with Gasteiger partial charge < -0.3 is 9.57 Å². The molecule has 0 bridgehead atoms. The van der Waals surface area contributed by atoms with Crippen LogP contribution in [0.4, 0.5) is 9.18 Å². The number of carbonyl (C=O) groups excluding carboxylic acids is 2. The standard InChI is InChI=1S/C28H27FN2O4/c29-23-15-13-20(14-16-23)26-24-12-5-4-9-22(24)17-25(34-18-19-7-2-1-3-8-19)31(26)28(33)30-35-27(32)21-10-6-11-21/h1-5,7-9,12-16,21,25-26H,6,10-11,17-18H2,(H,30,33). The molecule has 0 radical (unpaired) electrons. The van der Waals surface area contributed by atoms with Crippen LogP contribution in [0.3, 0.4) is 0 Å². The van der Waals surface area contributed by atoms with Gasteiger partial charge in [0.2, 0.25) is 0 Å². The Kier molecular flexibility index (Phi) is 6.77. The van der Waals surface area contributed by atoms with Crippen molar-refractivity contribution in [2.24, 2.45) is 5.92 Å². The molecule has 1 aliphatic carbocycles. The smallest absolute Gasteiger partial charge is 0.353 e. The van der Waals surface area contributed by atoms with Gasteiger partial charge >= 0.3 is 12.0 Å². The highest BCUT2D eigenvalue weighted by atomic mass is 19.1. The van der Waals surface area contributed by atoms with E-state index in [-0.39, 0.29) is 11.7 Å². The van der Waals surface area contributed by atoms with Gasteiger partial charge in [0.1, 0.15) is 12.0 Å². The highest BCUT2D eigenvalue weighted by molar-refractivity contribution is 5.79. The highest BCUT2D eigenvalue weighted by Crippen LogP contribution is 2.38. The Labute approximate surface area is 203 Å². The third kappa shape index (κ3) is 5.05. The fourth-order valence-electron chi connectivity index (χ4n) is 4.60. The summed E-state index contributed by atoms with van der Waals surface area (Å²) in [4.78, 5) is 32.5. The second-order valence-electron chi connectivity index (χ2n) is 8.97. The molecule has 6 nitrogen and oxygen atoms in total. The molecule has 35 heavy (non-hydrogen) atoms. The Balaban J connectivity index is 1.46. The van der Waals surface area contributed by atoms with Crippen molar-refractivity contribution < 1.29 is 23.6 Å². The maximum absolute atomic E-state index is 13.7. The molecule has 1 heterocycles. The molecule has 1 saturated carbocycles. The van der Waals surface area contributed by atoms with Gasteiger partial charge in [-0.15, -0.1) is 0 Å². The summed E-state index contributed by atoms with van der Waals surface area (Å²) in [5.41, 5.74) is 6.01. The van der Waals surface area contributed by atoms with Gasteiger partial charge in [-0.1, -0.05) is 73.2 Å². The van der Waals surface area contributed by atoms with Crippen LogP contribution in [-0.4, -0.2) is 23.1 Å². The highest BCUT2D eigenvalue weighted by Gasteiger charge is 2.40. The summed E-state index contributed by atoms with van der Waals surface area (Å²) in [6.07, 6.45) is 2.35. The number of nitrogens with one attached hydrogen (secondary N) is 1. The van der Waals surface area contributed by atoms with Crippen molar-refractivity contribution >= 4 is 12.0 Å². The lowest BCUT2D eigenvalue weighted by Crippen LogP contribution is -2.53. The summed E-state index contributed by atoms with van der Waals surface area (Å²) in [5.74, 6) is -0.961. The van der Waals surface area contributed by atoms with Crippen LogP contribution in [0, 0.1) is 11.7 Å². The van der Waals surface area contributed by atoms with Gasteiger partial charge in [0.15, 0.2) is 0 Å². The summed E-state index contributed by atoms with van der Waals surface area (Å²) in [6.45, 7) is 0.301. The van der Waals surface area contributed by atoms with Gasteiger partial charge in [0, 0.05) is 6.42 Å². The van der Waals surface area contributed by atoms with E-state index in [9.17, 15) is 14.0 Å². The molecule has 0 aromatic heterocycles. The molecular formula is C28H27FN2O4. The number of hydrogen-bond acceptors (Lipinski definition) is 4. The van der Waals surface area contributed by atoms with E-state index in [0.29, 0.717) is 13.0 Å². The molecule has 1 aliphatic heterocycles. The van der Waals surface area contributed by atoms with Gasteiger partial charge in [-0.2, -0.15) is 5.48 Å². The van der Waals surface area contributed by atoms with Gasteiger partial charge in [0.05, 0.1) is 18.6 Å². The summed E-state index contributed by atoms with van der Waals surface area (Å²) in [7, 11) is 0. The summed E-state index contributed by atoms with van der Waals surface area (Å²) >= 11 is 0. The number of halogens is 1. The number of ether oxygens (including phenoxy) is 1. The van der Waals surface area contributed by atoms with Gasteiger partial charge in [-0.3, -0.25) is 4.90 Å². The molecule has 2 aliphatic rings. The molecule has 180 valence electrons. The van der Waals surface area contributed by atoms with Crippen LogP contribution >= 0.6 is 0 Å². The normalized spacial score (nSPS) is 19.4. The van der Waals surface area contributed by atoms with Crippen LogP contribution in [0.15, 0.2) is 78.9 Å². The third-order valence-electron chi connectivity index (χ3n) is 6.72. The number of amides is 2. The number of rotatable bonds is 5. The number of hydroxylamine groups is 1. The second kappa shape index (κ2) is 10.3. The first-order chi connectivity index (χ1) is 17.1. The Morgan fingerprint density at radius 1 is 0.943 bits per heavy atom. The van der Waals surface area contributed by atoms with E-state index in [2.05, 4.69) is 5.48 Å². The topological polar surface area (TPSA) is 67.9 Å². The fraction of sp³-hybridized carbons (Fsp3) is 0.286. The second-order valence-corrected chi connectivity index (χ2v) is 8.97. The van der Waals surface area contributed by atoms with E-state index in [1.807, 2.05) is 54.6 Å². The van der Waals surface area contributed by atoms with Crippen molar-refractivity contribution in [3.63, 3.8) is 0 Å². The van der Waals surface area contributed by atoms with Crippen molar-refractivity contribution in [2.45, 2.75) is 44.6 Å². The van der Waals surface area contributed by atoms with E-state index in [1.165, 1.54) is 12.1 Å². The van der Waals surface area contributed by atoms with Crippen LogP contribution < -0.4 is 5.48 Å². The number of urea groups is 1. The predicted molar refractivity (Wildman–Crippen MR) is 127 cm³/mol. The van der Waals surface area contributed by atoms with Crippen LogP contribution in [0.2, 0.25) is 0 Å².